The van der Waals surface area contributed by atoms with Crippen molar-refractivity contribution in [3.63, 3.8) is 0 Å². The highest BCUT2D eigenvalue weighted by molar-refractivity contribution is 7.13. The summed E-state index contributed by atoms with van der Waals surface area (Å²) in [6.45, 7) is 3.63. The summed E-state index contributed by atoms with van der Waals surface area (Å²) in [6, 6.07) is -1.50. The Morgan fingerprint density at radius 2 is 2.29 bits per heavy atom. The zero-order valence-corrected chi connectivity index (χ0v) is 10.3. The Kier molecular flexibility index (Phi) is 4.83. The lowest BCUT2D eigenvalue weighted by Crippen LogP contribution is -2.46. The third-order valence-corrected chi connectivity index (χ3v) is 2.95. The van der Waals surface area contributed by atoms with E-state index in [2.05, 4.69) is 20.8 Å². The van der Waals surface area contributed by atoms with Crippen molar-refractivity contribution in [2.24, 2.45) is 5.92 Å². The van der Waals surface area contributed by atoms with Crippen LogP contribution in [0.25, 0.3) is 0 Å². The van der Waals surface area contributed by atoms with Crippen molar-refractivity contribution in [2.45, 2.75) is 26.3 Å². The number of amides is 2. The van der Waals surface area contributed by atoms with Crippen LogP contribution in [0.15, 0.2) is 5.51 Å². The van der Waals surface area contributed by atoms with Crippen LogP contribution in [-0.2, 0) is 4.79 Å². The Hall–Kier alpha value is -1.70. The molecule has 2 atom stereocenters. The van der Waals surface area contributed by atoms with Crippen LogP contribution in [0.3, 0.4) is 0 Å². The molecule has 0 unspecified atom stereocenters. The molecule has 1 heterocycles. The summed E-state index contributed by atoms with van der Waals surface area (Å²) in [6.07, 6.45) is 0.663. The van der Waals surface area contributed by atoms with Gasteiger partial charge in [-0.05, 0) is 5.92 Å². The van der Waals surface area contributed by atoms with Gasteiger partial charge in [0.15, 0.2) is 0 Å². The van der Waals surface area contributed by atoms with Crippen LogP contribution in [0.1, 0.15) is 20.3 Å². The first-order chi connectivity index (χ1) is 8.04. The minimum atomic E-state index is -1.05. The van der Waals surface area contributed by atoms with Crippen LogP contribution >= 0.6 is 11.3 Å². The predicted molar refractivity (Wildman–Crippen MR) is 62.9 cm³/mol. The van der Waals surface area contributed by atoms with E-state index in [1.807, 2.05) is 6.92 Å². The summed E-state index contributed by atoms with van der Waals surface area (Å²) >= 11 is 1.16. The van der Waals surface area contributed by atoms with Gasteiger partial charge in [-0.1, -0.05) is 31.6 Å². The number of rotatable bonds is 5. The van der Waals surface area contributed by atoms with Crippen LogP contribution in [0.2, 0.25) is 0 Å². The van der Waals surface area contributed by atoms with Gasteiger partial charge in [0.25, 0.3) is 0 Å². The molecule has 0 bridgehead atoms. The minimum absolute atomic E-state index is 0.146. The smallest absolute Gasteiger partial charge is 0.326 e. The second-order valence-electron chi connectivity index (χ2n) is 3.54. The van der Waals surface area contributed by atoms with Crippen molar-refractivity contribution in [3.05, 3.63) is 5.51 Å². The lowest BCUT2D eigenvalue weighted by molar-refractivity contribution is -0.140. The van der Waals surface area contributed by atoms with Gasteiger partial charge in [0.05, 0.1) is 0 Å². The number of aromatic nitrogens is 2. The highest BCUT2D eigenvalue weighted by Crippen LogP contribution is 2.10. The summed E-state index contributed by atoms with van der Waals surface area (Å²) in [4.78, 5) is 22.5. The molecule has 8 heteroatoms. The maximum absolute atomic E-state index is 11.5. The normalized spacial score (nSPS) is 13.8. The van der Waals surface area contributed by atoms with Gasteiger partial charge >= 0.3 is 12.0 Å². The summed E-state index contributed by atoms with van der Waals surface area (Å²) in [5.41, 5.74) is 1.47. The van der Waals surface area contributed by atoms with E-state index in [1.54, 1.807) is 6.92 Å². The number of anilines is 1. The van der Waals surface area contributed by atoms with Crippen molar-refractivity contribution < 1.29 is 14.7 Å². The Morgan fingerprint density at radius 3 is 2.76 bits per heavy atom. The molecule has 0 fully saturated rings. The Morgan fingerprint density at radius 1 is 1.59 bits per heavy atom. The van der Waals surface area contributed by atoms with E-state index in [9.17, 15) is 9.59 Å². The number of carbonyl (C=O) groups excluding carboxylic acids is 1. The molecule has 1 aromatic heterocycles. The lowest BCUT2D eigenvalue weighted by Gasteiger charge is -2.19. The van der Waals surface area contributed by atoms with Gasteiger partial charge < -0.3 is 10.4 Å². The summed E-state index contributed by atoms with van der Waals surface area (Å²) in [5, 5.41) is 21.3. The van der Waals surface area contributed by atoms with Crippen LogP contribution in [0, 0.1) is 5.92 Å². The van der Waals surface area contributed by atoms with E-state index in [0.29, 0.717) is 11.6 Å². The molecule has 17 heavy (non-hydrogen) atoms. The molecule has 1 aromatic rings. The Balaban J connectivity index is 2.55. The number of nitrogens with zero attached hydrogens (tertiary/aromatic N) is 2. The number of carboxylic acids is 1. The number of nitrogens with one attached hydrogen (secondary N) is 2. The molecule has 0 spiro atoms. The van der Waals surface area contributed by atoms with E-state index in [-0.39, 0.29) is 5.92 Å². The van der Waals surface area contributed by atoms with Gasteiger partial charge in [0, 0.05) is 0 Å². The van der Waals surface area contributed by atoms with E-state index < -0.39 is 18.0 Å². The molecular weight excluding hydrogens is 244 g/mol. The van der Waals surface area contributed by atoms with Crippen LogP contribution in [-0.4, -0.2) is 33.3 Å². The second-order valence-corrected chi connectivity index (χ2v) is 4.38. The van der Waals surface area contributed by atoms with Crippen molar-refractivity contribution in [1.29, 1.82) is 0 Å². The van der Waals surface area contributed by atoms with Crippen LogP contribution in [0.4, 0.5) is 9.93 Å². The van der Waals surface area contributed by atoms with Crippen molar-refractivity contribution in [3.8, 4) is 0 Å². The van der Waals surface area contributed by atoms with E-state index in [4.69, 9.17) is 5.11 Å². The molecule has 0 aliphatic carbocycles. The molecular formula is C9H14N4O3S. The number of carboxylic acid groups (broad SMARTS) is 1. The van der Waals surface area contributed by atoms with E-state index in [1.165, 1.54) is 5.51 Å². The molecule has 94 valence electrons. The van der Waals surface area contributed by atoms with Crippen molar-refractivity contribution in [2.75, 3.05) is 5.32 Å². The minimum Gasteiger partial charge on any atom is -0.480 e. The van der Waals surface area contributed by atoms with Gasteiger partial charge in [-0.3, -0.25) is 5.32 Å². The topological polar surface area (TPSA) is 104 Å². The highest BCUT2D eigenvalue weighted by atomic mass is 32.1. The number of carbonyl (C=O) groups is 2. The average molecular weight is 258 g/mol. The zero-order chi connectivity index (χ0) is 12.8. The predicted octanol–water partition coefficient (Wildman–Crippen LogP) is 1.16. The number of aliphatic carboxylic acids is 1. The fraction of sp³-hybridized carbons (Fsp3) is 0.556. The van der Waals surface area contributed by atoms with Gasteiger partial charge in [-0.2, -0.15) is 0 Å². The fourth-order valence-corrected chi connectivity index (χ4v) is 1.63. The maximum Gasteiger partial charge on any atom is 0.326 e. The van der Waals surface area contributed by atoms with Gasteiger partial charge in [0.1, 0.15) is 11.6 Å². The first-order valence-corrected chi connectivity index (χ1v) is 5.99. The molecule has 0 radical (unpaired) electrons. The number of hydrogen-bond donors (Lipinski definition) is 3. The summed E-state index contributed by atoms with van der Waals surface area (Å²) in [5.74, 6) is -1.19. The lowest BCUT2D eigenvalue weighted by atomic mass is 10.00. The monoisotopic (exact) mass is 258 g/mol. The van der Waals surface area contributed by atoms with Crippen molar-refractivity contribution in [1.82, 2.24) is 15.5 Å². The second kappa shape index (κ2) is 6.14. The van der Waals surface area contributed by atoms with E-state index >= 15 is 0 Å². The molecule has 0 aliphatic heterocycles. The third kappa shape index (κ3) is 3.99. The Labute approximate surface area is 102 Å². The number of hydrogen-bond acceptors (Lipinski definition) is 5. The van der Waals surface area contributed by atoms with Gasteiger partial charge in [0.2, 0.25) is 5.13 Å². The van der Waals surface area contributed by atoms with Gasteiger partial charge in [-0.25, -0.2) is 9.59 Å². The standard InChI is InChI=1S/C9H14N4O3S/c1-3-5(2)6(7(14)15)11-8(16)12-9-13-10-4-17-9/h4-6H,3H2,1-2H3,(H,14,15)(H2,11,12,13,16)/t5-,6-/m0/s1. The molecule has 1 rings (SSSR count). The molecule has 7 nitrogen and oxygen atoms in total. The Bertz CT molecular complexity index is 382. The molecule has 0 saturated heterocycles. The largest absolute Gasteiger partial charge is 0.480 e. The van der Waals surface area contributed by atoms with Crippen LogP contribution in [0.5, 0.6) is 0 Å². The van der Waals surface area contributed by atoms with Crippen molar-refractivity contribution >= 4 is 28.5 Å². The molecule has 0 saturated carbocycles. The molecule has 0 aromatic carbocycles. The maximum atomic E-state index is 11.5. The molecule has 3 N–H and O–H groups in total. The fourth-order valence-electron chi connectivity index (χ4n) is 1.19. The highest BCUT2D eigenvalue weighted by Gasteiger charge is 2.25. The van der Waals surface area contributed by atoms with E-state index in [0.717, 1.165) is 11.3 Å². The average Bonchev–Trinajstić information content (AvgIpc) is 2.77. The summed E-state index contributed by atoms with van der Waals surface area (Å²) < 4.78 is 0. The first kappa shape index (κ1) is 13.4. The van der Waals surface area contributed by atoms with Crippen LogP contribution < -0.4 is 10.6 Å². The molecule has 2 amide bonds. The zero-order valence-electron chi connectivity index (χ0n) is 9.51. The molecule has 0 aliphatic rings. The third-order valence-electron chi connectivity index (χ3n) is 2.35. The van der Waals surface area contributed by atoms with Gasteiger partial charge in [-0.15, -0.1) is 10.2 Å². The number of urea groups is 1. The summed E-state index contributed by atoms with van der Waals surface area (Å²) in [7, 11) is 0. The quantitative estimate of drug-likeness (QED) is 0.735. The SMILES string of the molecule is CC[C@H](C)[C@H](NC(=O)Nc1nncs1)C(=O)O. The first-order valence-electron chi connectivity index (χ1n) is 5.11.